The lowest BCUT2D eigenvalue weighted by Gasteiger charge is -2.31. The average molecular weight is 322 g/mol. The van der Waals surface area contributed by atoms with Crippen LogP contribution in [0.4, 0.5) is 0 Å². The quantitative estimate of drug-likeness (QED) is 0.817. The van der Waals surface area contributed by atoms with Crippen molar-refractivity contribution in [1.82, 2.24) is 18.8 Å². The Morgan fingerprint density at radius 3 is 3.00 bits per heavy atom. The normalized spacial score (nSPS) is 20.1. The lowest BCUT2D eigenvalue weighted by Crippen LogP contribution is -2.46. The summed E-state index contributed by atoms with van der Waals surface area (Å²) in [5.74, 6) is 0. The zero-order chi connectivity index (χ0) is 15.6. The van der Waals surface area contributed by atoms with Crippen LogP contribution in [0.2, 0.25) is 0 Å². The van der Waals surface area contributed by atoms with Gasteiger partial charge in [0.2, 0.25) is 0 Å². The van der Waals surface area contributed by atoms with Crippen molar-refractivity contribution in [2.45, 2.75) is 17.6 Å². The predicted octanol–water partition coefficient (Wildman–Crippen LogP) is 0.447. The predicted molar refractivity (Wildman–Crippen MR) is 79.6 cm³/mol. The Bertz CT molecular complexity index is 730. The van der Waals surface area contributed by atoms with Gasteiger partial charge >= 0.3 is 0 Å². The summed E-state index contributed by atoms with van der Waals surface area (Å²) in [7, 11) is -1.81. The zero-order valence-electron chi connectivity index (χ0n) is 12.3. The number of imidazole rings is 1. The molecule has 0 spiro atoms. The summed E-state index contributed by atoms with van der Waals surface area (Å²) in [6.07, 6.45) is 6.96. The largest absolute Gasteiger partial charge is 0.375 e. The fourth-order valence-corrected chi connectivity index (χ4v) is 3.89. The molecule has 0 N–H and O–H groups in total. The molecule has 0 aliphatic carbocycles. The molecule has 0 radical (unpaired) electrons. The van der Waals surface area contributed by atoms with E-state index in [9.17, 15) is 8.42 Å². The molecular weight excluding hydrogens is 304 g/mol. The van der Waals surface area contributed by atoms with Crippen LogP contribution in [-0.2, 0) is 28.2 Å². The van der Waals surface area contributed by atoms with Crippen LogP contribution in [0, 0.1) is 0 Å². The minimum absolute atomic E-state index is 0.0806. The molecule has 2 aromatic rings. The van der Waals surface area contributed by atoms with E-state index in [0.717, 1.165) is 5.56 Å². The first-order valence-electron chi connectivity index (χ1n) is 7.04. The molecule has 0 amide bonds. The van der Waals surface area contributed by atoms with Gasteiger partial charge in [-0.05, 0) is 11.6 Å². The summed E-state index contributed by atoms with van der Waals surface area (Å²) < 4.78 is 33.9. The number of ether oxygens (including phenoxy) is 1. The van der Waals surface area contributed by atoms with Crippen LogP contribution in [0.15, 0.2) is 42.1 Å². The third-order valence-corrected chi connectivity index (χ3v) is 5.32. The van der Waals surface area contributed by atoms with Gasteiger partial charge in [0, 0.05) is 45.1 Å². The SMILES string of the molecule is Cn1cnc(S(=O)(=O)N2CCO[C@H](Cc3cccnc3)C2)c1. The van der Waals surface area contributed by atoms with Gasteiger partial charge in [0.05, 0.1) is 19.0 Å². The van der Waals surface area contributed by atoms with Crippen LogP contribution >= 0.6 is 0 Å². The van der Waals surface area contributed by atoms with Crippen molar-refractivity contribution in [3.63, 3.8) is 0 Å². The van der Waals surface area contributed by atoms with Crippen molar-refractivity contribution in [1.29, 1.82) is 0 Å². The van der Waals surface area contributed by atoms with Crippen LogP contribution in [0.5, 0.6) is 0 Å². The van der Waals surface area contributed by atoms with Crippen molar-refractivity contribution < 1.29 is 13.2 Å². The molecule has 3 heterocycles. The van der Waals surface area contributed by atoms with E-state index in [4.69, 9.17) is 4.74 Å². The van der Waals surface area contributed by atoms with Gasteiger partial charge in [-0.15, -0.1) is 0 Å². The number of aryl methyl sites for hydroxylation is 1. The summed E-state index contributed by atoms with van der Waals surface area (Å²) in [4.78, 5) is 8.02. The van der Waals surface area contributed by atoms with Crippen LogP contribution in [0.1, 0.15) is 5.56 Å². The van der Waals surface area contributed by atoms with Gasteiger partial charge in [0.25, 0.3) is 10.0 Å². The summed E-state index contributed by atoms with van der Waals surface area (Å²) >= 11 is 0. The molecule has 22 heavy (non-hydrogen) atoms. The van der Waals surface area contributed by atoms with E-state index < -0.39 is 10.0 Å². The molecule has 0 saturated carbocycles. The van der Waals surface area contributed by atoms with Crippen LogP contribution < -0.4 is 0 Å². The van der Waals surface area contributed by atoms with Gasteiger partial charge in [-0.3, -0.25) is 4.98 Å². The molecule has 2 aromatic heterocycles. The van der Waals surface area contributed by atoms with Crippen LogP contribution in [-0.4, -0.2) is 53.1 Å². The Morgan fingerprint density at radius 2 is 2.32 bits per heavy atom. The Labute approximate surface area is 129 Å². The Balaban J connectivity index is 1.73. The molecule has 1 saturated heterocycles. The van der Waals surface area contributed by atoms with Crippen molar-refractivity contribution in [2.24, 2.45) is 7.05 Å². The maximum Gasteiger partial charge on any atom is 0.262 e. The summed E-state index contributed by atoms with van der Waals surface area (Å²) in [5.41, 5.74) is 1.03. The average Bonchev–Trinajstić information content (AvgIpc) is 2.96. The first-order valence-corrected chi connectivity index (χ1v) is 8.48. The molecule has 8 heteroatoms. The molecule has 0 bridgehead atoms. The lowest BCUT2D eigenvalue weighted by molar-refractivity contribution is -0.000595. The van der Waals surface area contributed by atoms with Gasteiger partial charge in [-0.25, -0.2) is 13.4 Å². The minimum atomic E-state index is -3.56. The van der Waals surface area contributed by atoms with Gasteiger partial charge < -0.3 is 9.30 Å². The Morgan fingerprint density at radius 1 is 1.45 bits per heavy atom. The van der Waals surface area contributed by atoms with E-state index in [1.165, 1.54) is 16.8 Å². The fraction of sp³-hybridized carbons (Fsp3) is 0.429. The third-order valence-electron chi connectivity index (χ3n) is 3.57. The number of sulfonamides is 1. The second kappa shape index (κ2) is 6.15. The zero-order valence-corrected chi connectivity index (χ0v) is 13.1. The van der Waals surface area contributed by atoms with E-state index in [1.807, 2.05) is 12.1 Å². The highest BCUT2D eigenvalue weighted by molar-refractivity contribution is 7.89. The van der Waals surface area contributed by atoms with Crippen molar-refractivity contribution in [3.05, 3.63) is 42.6 Å². The Hall–Kier alpha value is -1.77. The smallest absolute Gasteiger partial charge is 0.262 e. The summed E-state index contributed by atoms with van der Waals surface area (Å²) in [6, 6.07) is 3.82. The van der Waals surface area contributed by atoms with E-state index in [-0.39, 0.29) is 11.1 Å². The van der Waals surface area contributed by atoms with Gasteiger partial charge in [0.1, 0.15) is 0 Å². The van der Waals surface area contributed by atoms with Crippen molar-refractivity contribution >= 4 is 10.0 Å². The molecule has 3 rings (SSSR count). The maximum absolute atomic E-state index is 12.6. The van der Waals surface area contributed by atoms with Crippen LogP contribution in [0.3, 0.4) is 0 Å². The molecule has 0 aromatic carbocycles. The van der Waals surface area contributed by atoms with E-state index in [1.54, 1.807) is 24.0 Å². The topological polar surface area (TPSA) is 77.3 Å². The highest BCUT2D eigenvalue weighted by Crippen LogP contribution is 2.18. The number of pyridine rings is 1. The second-order valence-electron chi connectivity index (χ2n) is 5.30. The summed E-state index contributed by atoms with van der Waals surface area (Å²) in [5, 5.41) is 0.0806. The Kier molecular flexibility index (Phi) is 4.23. The van der Waals surface area contributed by atoms with E-state index >= 15 is 0 Å². The number of aromatic nitrogens is 3. The minimum Gasteiger partial charge on any atom is -0.375 e. The number of nitrogens with zero attached hydrogens (tertiary/aromatic N) is 4. The maximum atomic E-state index is 12.6. The number of rotatable bonds is 4. The van der Waals surface area contributed by atoms with E-state index in [2.05, 4.69) is 9.97 Å². The van der Waals surface area contributed by atoms with Gasteiger partial charge in [-0.1, -0.05) is 6.07 Å². The van der Waals surface area contributed by atoms with Crippen molar-refractivity contribution in [2.75, 3.05) is 19.7 Å². The molecule has 118 valence electrons. The highest BCUT2D eigenvalue weighted by atomic mass is 32.2. The molecule has 7 nitrogen and oxygen atoms in total. The van der Waals surface area contributed by atoms with Crippen LogP contribution in [0.25, 0.3) is 0 Å². The molecule has 1 aliphatic rings. The molecule has 0 unspecified atom stereocenters. The number of morpholine rings is 1. The monoisotopic (exact) mass is 322 g/mol. The van der Waals surface area contributed by atoms with E-state index in [0.29, 0.717) is 26.1 Å². The standard InChI is InChI=1S/C14H18N4O3S/c1-17-10-14(16-11-17)22(19,20)18-5-6-21-13(9-18)7-12-3-2-4-15-8-12/h2-4,8,10-11,13H,5-7,9H2,1H3/t13-/m1/s1. The van der Waals surface area contributed by atoms with Crippen molar-refractivity contribution in [3.8, 4) is 0 Å². The fourth-order valence-electron chi connectivity index (χ4n) is 2.47. The lowest BCUT2D eigenvalue weighted by atomic mass is 10.1. The molecular formula is C14H18N4O3S. The first-order chi connectivity index (χ1) is 10.6. The first kappa shape index (κ1) is 15.1. The number of hydrogen-bond acceptors (Lipinski definition) is 5. The van der Waals surface area contributed by atoms with Gasteiger partial charge in [0.15, 0.2) is 5.03 Å². The summed E-state index contributed by atoms with van der Waals surface area (Å²) in [6.45, 7) is 1.06. The molecule has 1 atom stereocenters. The third kappa shape index (κ3) is 3.18. The molecule has 1 aliphatic heterocycles. The highest BCUT2D eigenvalue weighted by Gasteiger charge is 2.32. The second-order valence-corrected chi connectivity index (χ2v) is 7.18. The number of hydrogen-bond donors (Lipinski definition) is 0. The van der Waals surface area contributed by atoms with Gasteiger partial charge in [-0.2, -0.15) is 4.31 Å². The molecule has 1 fully saturated rings.